The first-order chi connectivity index (χ1) is 15.5. The van der Waals surface area contributed by atoms with Crippen LogP contribution in [-0.4, -0.2) is 10.9 Å². The minimum Gasteiger partial charge on any atom is -0.451 e. The maximum absolute atomic E-state index is 12.8. The van der Waals surface area contributed by atoms with Crippen LogP contribution in [0.2, 0.25) is 0 Å². The lowest BCUT2D eigenvalue weighted by Gasteiger charge is -2.08. The number of halogens is 1. The van der Waals surface area contributed by atoms with Crippen LogP contribution in [0.4, 0.5) is 5.69 Å². The molecule has 2 heterocycles. The molecule has 0 saturated heterocycles. The van der Waals surface area contributed by atoms with Gasteiger partial charge in [0.1, 0.15) is 11.3 Å². The minimum atomic E-state index is -0.318. The van der Waals surface area contributed by atoms with E-state index in [0.29, 0.717) is 17.3 Å². The summed E-state index contributed by atoms with van der Waals surface area (Å²) in [6.07, 6.45) is 0. The molecule has 0 spiro atoms. The fourth-order valence-electron chi connectivity index (χ4n) is 3.46. The number of amides is 1. The van der Waals surface area contributed by atoms with Crippen LogP contribution in [0.3, 0.4) is 0 Å². The van der Waals surface area contributed by atoms with E-state index in [2.05, 4.69) is 26.2 Å². The van der Waals surface area contributed by atoms with E-state index in [9.17, 15) is 4.79 Å². The van der Waals surface area contributed by atoms with Crippen molar-refractivity contribution in [3.05, 3.63) is 94.2 Å². The van der Waals surface area contributed by atoms with E-state index in [0.717, 1.165) is 37.8 Å². The van der Waals surface area contributed by atoms with Crippen molar-refractivity contribution in [1.29, 1.82) is 0 Å². The molecule has 1 N–H and O–H groups in total. The Hall–Kier alpha value is -3.64. The molecular weight excluding hydrogens is 468 g/mol. The molecule has 0 aliphatic heterocycles. The molecule has 0 fully saturated rings. The van der Waals surface area contributed by atoms with Gasteiger partial charge in [-0.05, 0) is 73.5 Å². The number of nitrogens with one attached hydrogen (secondary N) is 1. The zero-order chi connectivity index (χ0) is 22.2. The number of furan rings is 1. The van der Waals surface area contributed by atoms with E-state index in [4.69, 9.17) is 8.83 Å². The molecule has 5 aromatic rings. The molecule has 32 heavy (non-hydrogen) atoms. The smallest absolute Gasteiger partial charge is 0.291 e. The Bertz CT molecular complexity index is 1450. The standard InChI is InChI=1S/C26H19BrN2O3/c1-15-3-10-23-21(13-15)29-26(32-23)18-5-4-16(2)20(14-18)28-25(30)24-12-11-22(31-24)17-6-8-19(27)9-7-17/h3-14H,1-2H3,(H,28,30). The van der Waals surface area contributed by atoms with Gasteiger partial charge in [-0.3, -0.25) is 4.79 Å². The first kappa shape index (κ1) is 20.3. The third-order valence-corrected chi connectivity index (χ3v) is 5.76. The third-order valence-electron chi connectivity index (χ3n) is 5.23. The molecule has 5 rings (SSSR count). The van der Waals surface area contributed by atoms with E-state index >= 15 is 0 Å². The molecule has 0 unspecified atom stereocenters. The zero-order valence-corrected chi connectivity index (χ0v) is 19.1. The van der Waals surface area contributed by atoms with Crippen molar-refractivity contribution >= 4 is 38.6 Å². The number of anilines is 1. The Balaban J connectivity index is 1.40. The number of hydrogen-bond acceptors (Lipinski definition) is 4. The van der Waals surface area contributed by atoms with Gasteiger partial charge in [0.15, 0.2) is 11.3 Å². The second kappa shape index (κ2) is 8.13. The number of aryl methyl sites for hydroxylation is 2. The van der Waals surface area contributed by atoms with E-state index in [-0.39, 0.29) is 11.7 Å². The van der Waals surface area contributed by atoms with Crippen LogP contribution in [-0.2, 0) is 0 Å². The molecule has 6 heteroatoms. The number of aromatic nitrogens is 1. The summed E-state index contributed by atoms with van der Waals surface area (Å²) < 4.78 is 12.7. The van der Waals surface area contributed by atoms with Gasteiger partial charge in [-0.25, -0.2) is 4.98 Å². The van der Waals surface area contributed by atoms with Crippen LogP contribution in [0.5, 0.6) is 0 Å². The molecule has 0 radical (unpaired) electrons. The van der Waals surface area contributed by atoms with Crippen LogP contribution in [0.1, 0.15) is 21.7 Å². The van der Waals surface area contributed by atoms with Gasteiger partial charge < -0.3 is 14.2 Å². The predicted octanol–water partition coefficient (Wildman–Crippen LogP) is 7.39. The highest BCUT2D eigenvalue weighted by Gasteiger charge is 2.15. The molecule has 0 saturated carbocycles. The molecule has 1 amide bonds. The molecule has 3 aromatic carbocycles. The topological polar surface area (TPSA) is 68.3 Å². The molecule has 0 aliphatic carbocycles. The number of fused-ring (bicyclic) bond motifs is 1. The Morgan fingerprint density at radius 1 is 0.875 bits per heavy atom. The number of rotatable bonds is 4. The number of hydrogen-bond donors (Lipinski definition) is 1. The molecule has 158 valence electrons. The lowest BCUT2D eigenvalue weighted by molar-refractivity contribution is 0.0997. The summed E-state index contributed by atoms with van der Waals surface area (Å²) in [5.41, 5.74) is 5.94. The van der Waals surface area contributed by atoms with E-state index < -0.39 is 0 Å². The molecule has 2 aromatic heterocycles. The van der Waals surface area contributed by atoms with Gasteiger partial charge in [-0.2, -0.15) is 0 Å². The average Bonchev–Trinajstić information content (AvgIpc) is 3.43. The fraction of sp³-hybridized carbons (Fsp3) is 0.0769. The summed E-state index contributed by atoms with van der Waals surface area (Å²) in [7, 11) is 0. The quantitative estimate of drug-likeness (QED) is 0.287. The van der Waals surface area contributed by atoms with Crippen molar-refractivity contribution in [2.24, 2.45) is 0 Å². The first-order valence-electron chi connectivity index (χ1n) is 10.1. The molecular formula is C26H19BrN2O3. The Morgan fingerprint density at radius 2 is 1.66 bits per heavy atom. The Labute approximate surface area is 193 Å². The van der Waals surface area contributed by atoms with Gasteiger partial charge in [0.2, 0.25) is 5.89 Å². The van der Waals surface area contributed by atoms with Crippen LogP contribution in [0, 0.1) is 13.8 Å². The van der Waals surface area contributed by atoms with Crippen molar-refractivity contribution < 1.29 is 13.6 Å². The SMILES string of the molecule is Cc1ccc2oc(-c3ccc(C)c(NC(=O)c4ccc(-c5ccc(Br)cc5)o4)c3)nc2c1. The number of benzene rings is 3. The van der Waals surface area contributed by atoms with Gasteiger partial charge in [0.05, 0.1) is 0 Å². The predicted molar refractivity (Wildman–Crippen MR) is 129 cm³/mol. The van der Waals surface area contributed by atoms with Gasteiger partial charge in [-0.1, -0.05) is 40.2 Å². The highest BCUT2D eigenvalue weighted by molar-refractivity contribution is 9.10. The molecule has 5 nitrogen and oxygen atoms in total. The lowest BCUT2D eigenvalue weighted by Crippen LogP contribution is -2.11. The van der Waals surface area contributed by atoms with Crippen molar-refractivity contribution in [1.82, 2.24) is 4.98 Å². The van der Waals surface area contributed by atoms with Gasteiger partial charge in [0.25, 0.3) is 5.91 Å². The van der Waals surface area contributed by atoms with E-state index in [1.807, 2.05) is 74.5 Å². The van der Waals surface area contributed by atoms with Gasteiger partial charge in [0, 0.05) is 21.3 Å². The van der Waals surface area contributed by atoms with Gasteiger partial charge >= 0.3 is 0 Å². The van der Waals surface area contributed by atoms with Crippen LogP contribution in [0.25, 0.3) is 33.9 Å². The van der Waals surface area contributed by atoms with Crippen LogP contribution in [0.15, 0.2) is 86.1 Å². The third kappa shape index (κ3) is 3.97. The number of carbonyl (C=O) groups excluding carboxylic acids is 1. The average molecular weight is 487 g/mol. The number of carbonyl (C=O) groups is 1. The molecule has 0 atom stereocenters. The molecule has 0 bridgehead atoms. The Kier molecular flexibility index (Phi) is 5.15. The summed E-state index contributed by atoms with van der Waals surface area (Å²) in [5.74, 6) is 1.07. The van der Waals surface area contributed by atoms with Crippen molar-refractivity contribution in [2.45, 2.75) is 13.8 Å². The summed E-state index contributed by atoms with van der Waals surface area (Å²) in [4.78, 5) is 17.4. The maximum Gasteiger partial charge on any atom is 0.291 e. The lowest BCUT2D eigenvalue weighted by atomic mass is 10.1. The zero-order valence-electron chi connectivity index (χ0n) is 17.5. The van der Waals surface area contributed by atoms with Crippen molar-refractivity contribution in [3.63, 3.8) is 0 Å². The van der Waals surface area contributed by atoms with Crippen LogP contribution >= 0.6 is 15.9 Å². The van der Waals surface area contributed by atoms with E-state index in [1.54, 1.807) is 12.1 Å². The second-order valence-corrected chi connectivity index (χ2v) is 8.56. The summed E-state index contributed by atoms with van der Waals surface area (Å²) in [6, 6.07) is 22.8. The van der Waals surface area contributed by atoms with Gasteiger partial charge in [-0.15, -0.1) is 0 Å². The van der Waals surface area contributed by atoms with Crippen LogP contribution < -0.4 is 5.32 Å². The second-order valence-electron chi connectivity index (χ2n) is 7.64. The van der Waals surface area contributed by atoms with Crippen molar-refractivity contribution in [3.8, 4) is 22.8 Å². The minimum absolute atomic E-state index is 0.241. The fourth-order valence-corrected chi connectivity index (χ4v) is 3.73. The molecule has 0 aliphatic rings. The summed E-state index contributed by atoms with van der Waals surface area (Å²) >= 11 is 3.42. The highest BCUT2D eigenvalue weighted by Crippen LogP contribution is 2.29. The largest absolute Gasteiger partial charge is 0.451 e. The van der Waals surface area contributed by atoms with E-state index in [1.165, 1.54) is 0 Å². The summed E-state index contributed by atoms with van der Waals surface area (Å²) in [5, 5.41) is 2.94. The highest BCUT2D eigenvalue weighted by atomic mass is 79.9. The number of oxazole rings is 1. The van der Waals surface area contributed by atoms with Crippen molar-refractivity contribution in [2.75, 3.05) is 5.32 Å². The first-order valence-corrected chi connectivity index (χ1v) is 10.9. The number of nitrogens with zero attached hydrogens (tertiary/aromatic N) is 1. The normalized spacial score (nSPS) is 11.1. The maximum atomic E-state index is 12.8. The Morgan fingerprint density at radius 3 is 2.47 bits per heavy atom. The summed E-state index contributed by atoms with van der Waals surface area (Å²) in [6.45, 7) is 3.95. The monoisotopic (exact) mass is 486 g/mol.